The quantitative estimate of drug-likeness (QED) is 0.475. The zero-order valence-electron chi connectivity index (χ0n) is 16.5. The van der Waals surface area contributed by atoms with E-state index in [4.69, 9.17) is 26.6 Å². The molecule has 0 aliphatic heterocycles. The third kappa shape index (κ3) is 6.02. The lowest BCUT2D eigenvalue weighted by Crippen LogP contribution is -2.12. The molecule has 0 atom stereocenters. The summed E-state index contributed by atoms with van der Waals surface area (Å²) in [4.78, 5) is 11.5. The van der Waals surface area contributed by atoms with Crippen LogP contribution in [0.1, 0.15) is 24.0 Å². The van der Waals surface area contributed by atoms with E-state index in [0.29, 0.717) is 0 Å². The molecule has 156 valence electrons. The number of rotatable bonds is 5. The van der Waals surface area contributed by atoms with Crippen LogP contribution in [0.5, 0.6) is 5.75 Å². The zero-order valence-corrected chi connectivity index (χ0v) is 18.1. The highest BCUT2D eigenvalue weighted by atomic mass is 35.5. The first kappa shape index (κ1) is 22.2. The van der Waals surface area contributed by atoms with Crippen LogP contribution >= 0.6 is 23.5 Å². The average molecular weight is 442 g/mol. The van der Waals surface area contributed by atoms with Crippen LogP contribution in [0.3, 0.4) is 0 Å². The third-order valence-electron chi connectivity index (χ3n) is 4.88. The molecule has 0 amide bonds. The van der Waals surface area contributed by atoms with Crippen LogP contribution in [0.2, 0.25) is 5.02 Å². The highest BCUT2D eigenvalue weighted by Crippen LogP contribution is 2.30. The Morgan fingerprint density at radius 2 is 1.73 bits per heavy atom. The number of halogens is 1. The molecule has 0 heterocycles. The molecule has 1 aliphatic carbocycles. The second-order valence-corrected chi connectivity index (χ2v) is 8.02. The van der Waals surface area contributed by atoms with E-state index in [1.807, 2.05) is 60.7 Å². The minimum atomic E-state index is -0.927. The number of hydrogen-bond acceptors (Lipinski definition) is 4. The molecule has 0 bridgehead atoms. The summed E-state index contributed by atoms with van der Waals surface area (Å²) >= 11 is 7.35. The molecule has 0 saturated heterocycles. The van der Waals surface area contributed by atoms with Crippen LogP contribution in [0, 0.1) is 0 Å². The van der Waals surface area contributed by atoms with Crippen LogP contribution in [-0.2, 0) is 17.6 Å². The fourth-order valence-electron chi connectivity index (χ4n) is 3.43. The Hall–Kier alpha value is -2.47. The lowest BCUT2D eigenvalue weighted by Gasteiger charge is -2.18. The molecule has 0 unspecified atom stereocenters. The third-order valence-corrected chi connectivity index (χ3v) is 5.75. The molecule has 4 rings (SSSR count). The van der Waals surface area contributed by atoms with E-state index >= 15 is 0 Å². The molecule has 0 spiro atoms. The van der Waals surface area contributed by atoms with Crippen LogP contribution in [0.25, 0.3) is 11.1 Å². The number of benzene rings is 3. The summed E-state index contributed by atoms with van der Waals surface area (Å²) in [5, 5.41) is 14.8. The van der Waals surface area contributed by atoms with Crippen LogP contribution in [0.15, 0.2) is 71.6 Å². The Balaban J connectivity index is 0.000000171. The van der Waals surface area contributed by atoms with Gasteiger partial charge in [-0.3, -0.25) is 5.14 Å². The molecule has 1 aliphatic rings. The van der Waals surface area contributed by atoms with Gasteiger partial charge in [0.25, 0.3) is 0 Å². The summed E-state index contributed by atoms with van der Waals surface area (Å²) in [6.07, 6.45) is 4.47. The predicted octanol–water partition coefficient (Wildman–Crippen LogP) is 6.00. The minimum Gasteiger partial charge on any atom is -0.482 e. The second-order valence-electron chi connectivity index (χ2n) is 6.91. The van der Waals surface area contributed by atoms with E-state index in [1.54, 1.807) is 0 Å². The van der Waals surface area contributed by atoms with Gasteiger partial charge in [0.15, 0.2) is 6.61 Å². The smallest absolute Gasteiger partial charge is 0.341 e. The Bertz CT molecular complexity index is 992. The van der Waals surface area contributed by atoms with Gasteiger partial charge in [0.1, 0.15) is 5.75 Å². The molecule has 4 nitrogen and oxygen atoms in total. The highest BCUT2D eigenvalue weighted by Gasteiger charge is 2.14. The van der Waals surface area contributed by atoms with Crippen molar-refractivity contribution in [3.63, 3.8) is 0 Å². The fraction of sp³-hybridized carbons (Fsp3) is 0.208. The molecule has 3 aromatic carbocycles. The van der Waals surface area contributed by atoms with Gasteiger partial charge in [-0.25, -0.2) is 4.79 Å². The van der Waals surface area contributed by atoms with Crippen molar-refractivity contribution >= 4 is 29.5 Å². The van der Waals surface area contributed by atoms with Gasteiger partial charge in [0, 0.05) is 15.5 Å². The maximum absolute atomic E-state index is 10.4. The Morgan fingerprint density at radius 1 is 1.00 bits per heavy atom. The van der Waals surface area contributed by atoms with Gasteiger partial charge in [0.2, 0.25) is 0 Å². The van der Waals surface area contributed by atoms with Gasteiger partial charge in [-0.2, -0.15) is 0 Å². The van der Waals surface area contributed by atoms with Crippen molar-refractivity contribution in [2.45, 2.75) is 30.6 Å². The van der Waals surface area contributed by atoms with Crippen molar-refractivity contribution in [3.8, 4) is 16.9 Å². The van der Waals surface area contributed by atoms with Gasteiger partial charge in [-0.1, -0.05) is 54.1 Å². The lowest BCUT2D eigenvalue weighted by atomic mass is 9.91. The molecular weight excluding hydrogens is 418 g/mol. The number of aryl methyl sites for hydroxylation is 1. The van der Waals surface area contributed by atoms with Gasteiger partial charge >= 0.3 is 5.97 Å². The van der Waals surface area contributed by atoms with Crippen LogP contribution in [0.4, 0.5) is 0 Å². The molecule has 0 aromatic heterocycles. The van der Waals surface area contributed by atoms with Gasteiger partial charge in [0.05, 0.1) is 0 Å². The average Bonchev–Trinajstić information content (AvgIpc) is 2.78. The first-order valence-electron chi connectivity index (χ1n) is 9.75. The number of aliphatic carboxylic acids is 1. The highest BCUT2D eigenvalue weighted by molar-refractivity contribution is 7.97. The number of carboxylic acid groups (broad SMARTS) is 1. The molecule has 6 heteroatoms. The summed E-state index contributed by atoms with van der Waals surface area (Å²) in [7, 11) is 0. The number of carboxylic acids is 1. The summed E-state index contributed by atoms with van der Waals surface area (Å²) < 4.78 is 5.27. The molecular formula is C24H24ClNO3S. The first-order valence-corrected chi connectivity index (χ1v) is 11.0. The Labute approximate surface area is 186 Å². The van der Waals surface area contributed by atoms with Crippen LogP contribution in [-0.4, -0.2) is 17.7 Å². The largest absolute Gasteiger partial charge is 0.482 e. The van der Waals surface area contributed by atoms with E-state index in [1.165, 1.54) is 35.9 Å². The number of fused-ring (bicyclic) bond motifs is 1. The monoisotopic (exact) mass is 441 g/mol. The molecule has 0 fully saturated rings. The van der Waals surface area contributed by atoms with Crippen molar-refractivity contribution in [1.29, 1.82) is 0 Å². The van der Waals surface area contributed by atoms with Crippen LogP contribution < -0.4 is 9.88 Å². The van der Waals surface area contributed by atoms with Crippen molar-refractivity contribution in [2.24, 2.45) is 5.14 Å². The predicted molar refractivity (Wildman–Crippen MR) is 123 cm³/mol. The summed E-state index contributed by atoms with van der Waals surface area (Å²) in [6, 6.07) is 21.7. The maximum Gasteiger partial charge on any atom is 0.341 e. The zero-order chi connectivity index (χ0) is 21.3. The number of nitrogens with two attached hydrogens (primary N) is 1. The number of hydrogen-bond donors (Lipinski definition) is 2. The van der Waals surface area contributed by atoms with E-state index in [9.17, 15) is 4.79 Å². The van der Waals surface area contributed by atoms with Gasteiger partial charge < -0.3 is 9.84 Å². The normalized spacial score (nSPS) is 12.3. The van der Waals surface area contributed by atoms with Crippen molar-refractivity contribution in [3.05, 3.63) is 82.9 Å². The molecule has 3 aromatic rings. The fourth-order valence-corrected chi connectivity index (χ4v) is 3.97. The Morgan fingerprint density at radius 3 is 2.43 bits per heavy atom. The van der Waals surface area contributed by atoms with Gasteiger partial charge in [-0.05, 0) is 78.6 Å². The first-order chi connectivity index (χ1) is 14.6. The van der Waals surface area contributed by atoms with E-state index in [-0.39, 0.29) is 6.61 Å². The van der Waals surface area contributed by atoms with Crippen molar-refractivity contribution < 1.29 is 14.6 Å². The summed E-state index contributed by atoms with van der Waals surface area (Å²) in [5.41, 5.74) is 4.67. The molecule has 3 N–H and O–H groups in total. The molecule has 30 heavy (non-hydrogen) atoms. The van der Waals surface area contributed by atoms with Crippen molar-refractivity contribution in [1.82, 2.24) is 0 Å². The number of ether oxygens (including phenoxy) is 1. The standard InChI is InChI=1S/C12H10ClNS.C12H14O3/c13-12-4-2-1-3-11(12)9-5-7-10(15-14)8-6-9;13-12(14)8-15-11-7-3-5-9-4-1-2-6-10(9)11/h1-8H,14H2;3,5,7H,1-2,4,6,8H2,(H,13,14). The molecule has 0 radical (unpaired) electrons. The maximum atomic E-state index is 10.4. The van der Waals surface area contributed by atoms with Crippen molar-refractivity contribution in [2.75, 3.05) is 6.61 Å². The lowest BCUT2D eigenvalue weighted by molar-refractivity contribution is -0.139. The van der Waals surface area contributed by atoms with E-state index in [0.717, 1.165) is 39.6 Å². The summed E-state index contributed by atoms with van der Waals surface area (Å²) in [5.74, 6) is -0.182. The van der Waals surface area contributed by atoms with E-state index < -0.39 is 5.97 Å². The summed E-state index contributed by atoms with van der Waals surface area (Å²) in [6.45, 7) is -0.254. The van der Waals surface area contributed by atoms with Gasteiger partial charge in [-0.15, -0.1) is 0 Å². The SMILES string of the molecule is NSc1ccc(-c2ccccc2Cl)cc1.O=C(O)COc1cccc2c1CCCC2. The van der Waals surface area contributed by atoms with E-state index in [2.05, 4.69) is 6.07 Å². The Kier molecular flexibility index (Phi) is 8.20. The minimum absolute atomic E-state index is 0.254. The molecule has 0 saturated carbocycles. The second kappa shape index (κ2) is 11.1. The number of carbonyl (C=O) groups is 1. The topological polar surface area (TPSA) is 72.6 Å².